The molecule has 1 saturated carbocycles. The summed E-state index contributed by atoms with van der Waals surface area (Å²) in [6.07, 6.45) is 4.09. The van der Waals surface area contributed by atoms with E-state index >= 15 is 0 Å². The average Bonchev–Trinajstić information content (AvgIpc) is 3.26. The molecule has 0 aromatic heterocycles. The molecule has 0 spiro atoms. The maximum atomic E-state index is 13.1. The Balaban J connectivity index is 1.72. The molecule has 0 unspecified atom stereocenters. The molecule has 1 N–H and O–H groups in total. The van der Waals surface area contributed by atoms with Crippen molar-refractivity contribution in [3.8, 4) is 5.75 Å². The lowest BCUT2D eigenvalue weighted by Gasteiger charge is -2.29. The molecular formula is C23H25Cl2FN2O3. The van der Waals surface area contributed by atoms with Crippen LogP contribution in [0.1, 0.15) is 38.2 Å². The highest BCUT2D eigenvalue weighted by atomic mass is 35.5. The Morgan fingerprint density at radius 3 is 2.45 bits per heavy atom. The summed E-state index contributed by atoms with van der Waals surface area (Å²) in [6.45, 7) is 1.58. The zero-order chi connectivity index (χ0) is 22.4. The van der Waals surface area contributed by atoms with Gasteiger partial charge in [-0.15, -0.1) is 0 Å². The number of carbonyl (C=O) groups is 2. The zero-order valence-corrected chi connectivity index (χ0v) is 18.8. The van der Waals surface area contributed by atoms with Gasteiger partial charge in [-0.05, 0) is 61.7 Å². The van der Waals surface area contributed by atoms with Gasteiger partial charge in [0.05, 0.1) is 10.0 Å². The average molecular weight is 467 g/mol. The summed E-state index contributed by atoms with van der Waals surface area (Å²) < 4.78 is 18.6. The van der Waals surface area contributed by atoms with Crippen LogP contribution in [0.3, 0.4) is 0 Å². The number of rotatable bonds is 8. The van der Waals surface area contributed by atoms with Gasteiger partial charge in [-0.25, -0.2) is 4.39 Å². The maximum absolute atomic E-state index is 13.1. The van der Waals surface area contributed by atoms with E-state index in [9.17, 15) is 14.0 Å². The van der Waals surface area contributed by atoms with Crippen LogP contribution in [0.15, 0.2) is 42.5 Å². The van der Waals surface area contributed by atoms with Gasteiger partial charge in [0.1, 0.15) is 17.6 Å². The molecule has 1 atom stereocenters. The molecule has 2 aromatic rings. The Morgan fingerprint density at radius 1 is 1.13 bits per heavy atom. The minimum absolute atomic E-state index is 0.146. The van der Waals surface area contributed by atoms with Crippen LogP contribution < -0.4 is 10.1 Å². The van der Waals surface area contributed by atoms with E-state index in [4.69, 9.17) is 27.9 Å². The Kier molecular flexibility index (Phi) is 8.15. The molecular weight excluding hydrogens is 442 g/mol. The number of nitrogens with zero attached hydrogens (tertiary/aromatic N) is 1. The van der Waals surface area contributed by atoms with Gasteiger partial charge in [-0.1, -0.05) is 42.1 Å². The normalized spacial score (nSPS) is 14.8. The molecule has 2 amide bonds. The first-order valence-electron chi connectivity index (χ1n) is 10.3. The van der Waals surface area contributed by atoms with Crippen molar-refractivity contribution in [2.45, 2.75) is 51.2 Å². The second-order valence-corrected chi connectivity index (χ2v) is 8.49. The van der Waals surface area contributed by atoms with Crippen LogP contribution in [0.5, 0.6) is 5.75 Å². The van der Waals surface area contributed by atoms with Crippen LogP contribution in [0.2, 0.25) is 10.0 Å². The van der Waals surface area contributed by atoms with E-state index in [-0.39, 0.29) is 31.0 Å². The van der Waals surface area contributed by atoms with Gasteiger partial charge in [0.15, 0.2) is 6.61 Å². The van der Waals surface area contributed by atoms with E-state index in [1.807, 2.05) is 0 Å². The second-order valence-electron chi connectivity index (χ2n) is 7.68. The molecule has 3 rings (SSSR count). The lowest BCUT2D eigenvalue weighted by molar-refractivity contribution is -0.142. The summed E-state index contributed by atoms with van der Waals surface area (Å²) in [5, 5.41) is 3.82. The van der Waals surface area contributed by atoms with Crippen LogP contribution in [0.4, 0.5) is 4.39 Å². The Hall–Kier alpha value is -2.31. The van der Waals surface area contributed by atoms with E-state index in [0.29, 0.717) is 15.8 Å². The molecule has 0 heterocycles. The number of ether oxygens (including phenoxy) is 1. The Bertz CT molecular complexity index is 918. The van der Waals surface area contributed by atoms with Crippen LogP contribution in [0, 0.1) is 5.82 Å². The van der Waals surface area contributed by atoms with Crippen molar-refractivity contribution in [2.24, 2.45) is 0 Å². The quantitative estimate of drug-likeness (QED) is 0.596. The smallest absolute Gasteiger partial charge is 0.261 e. The van der Waals surface area contributed by atoms with Crippen LogP contribution in [0.25, 0.3) is 0 Å². The number of carbonyl (C=O) groups excluding carboxylic acids is 2. The SMILES string of the molecule is C[C@H](C(=O)NC1CCCC1)N(Cc1ccc(Cl)c(Cl)c1)C(=O)COc1ccc(F)cc1. The first kappa shape index (κ1) is 23.4. The van der Waals surface area contributed by atoms with Gasteiger partial charge in [0.25, 0.3) is 5.91 Å². The van der Waals surface area contributed by atoms with Crippen LogP contribution >= 0.6 is 23.2 Å². The second kappa shape index (κ2) is 10.8. The molecule has 8 heteroatoms. The van der Waals surface area contributed by atoms with E-state index in [0.717, 1.165) is 31.2 Å². The molecule has 1 aliphatic rings. The number of halogens is 3. The molecule has 0 bridgehead atoms. The number of benzene rings is 2. The van der Waals surface area contributed by atoms with Crippen molar-refractivity contribution < 1.29 is 18.7 Å². The van der Waals surface area contributed by atoms with Crippen molar-refractivity contribution in [1.82, 2.24) is 10.2 Å². The number of nitrogens with one attached hydrogen (secondary N) is 1. The lowest BCUT2D eigenvalue weighted by atomic mass is 10.1. The minimum atomic E-state index is -0.709. The van der Waals surface area contributed by atoms with E-state index < -0.39 is 11.9 Å². The van der Waals surface area contributed by atoms with Gasteiger partial charge in [-0.2, -0.15) is 0 Å². The van der Waals surface area contributed by atoms with E-state index in [1.54, 1.807) is 25.1 Å². The van der Waals surface area contributed by atoms with Crippen molar-refractivity contribution in [1.29, 1.82) is 0 Å². The summed E-state index contributed by atoms with van der Waals surface area (Å²) in [7, 11) is 0. The number of hydrogen-bond acceptors (Lipinski definition) is 3. The minimum Gasteiger partial charge on any atom is -0.484 e. The standard InChI is InChI=1S/C23H25Cl2FN2O3/c1-15(23(30)27-18-4-2-3-5-18)28(13-16-6-11-20(24)21(25)12-16)22(29)14-31-19-9-7-17(26)8-10-19/h6-12,15,18H,2-5,13-14H2,1H3,(H,27,30)/t15-/m1/s1. The van der Waals surface area contributed by atoms with Gasteiger partial charge >= 0.3 is 0 Å². The highest BCUT2D eigenvalue weighted by molar-refractivity contribution is 6.42. The highest BCUT2D eigenvalue weighted by Crippen LogP contribution is 2.24. The van der Waals surface area contributed by atoms with Gasteiger partial charge < -0.3 is 15.0 Å². The molecule has 0 saturated heterocycles. The maximum Gasteiger partial charge on any atom is 0.261 e. The predicted octanol–water partition coefficient (Wildman–Crippen LogP) is 4.99. The third kappa shape index (κ3) is 6.58. The Morgan fingerprint density at radius 2 is 1.81 bits per heavy atom. The van der Waals surface area contributed by atoms with E-state index in [1.165, 1.54) is 29.2 Å². The van der Waals surface area contributed by atoms with Crippen molar-refractivity contribution in [3.63, 3.8) is 0 Å². The summed E-state index contributed by atoms with van der Waals surface area (Å²) in [6, 6.07) is 9.93. The fourth-order valence-corrected chi connectivity index (χ4v) is 3.89. The predicted molar refractivity (Wildman–Crippen MR) is 119 cm³/mol. The van der Waals surface area contributed by atoms with Crippen molar-refractivity contribution in [3.05, 3.63) is 63.9 Å². The molecule has 2 aromatic carbocycles. The molecule has 0 radical (unpaired) electrons. The molecule has 31 heavy (non-hydrogen) atoms. The monoisotopic (exact) mass is 466 g/mol. The summed E-state index contributed by atoms with van der Waals surface area (Å²) >= 11 is 12.1. The van der Waals surface area contributed by atoms with Crippen molar-refractivity contribution in [2.75, 3.05) is 6.61 Å². The first-order valence-corrected chi connectivity index (χ1v) is 11.0. The van der Waals surface area contributed by atoms with Crippen molar-refractivity contribution >= 4 is 35.0 Å². The molecule has 0 aliphatic heterocycles. The highest BCUT2D eigenvalue weighted by Gasteiger charge is 2.28. The fourth-order valence-electron chi connectivity index (χ4n) is 3.57. The van der Waals surface area contributed by atoms with Crippen LogP contribution in [-0.4, -0.2) is 35.4 Å². The summed E-state index contributed by atoms with van der Waals surface area (Å²) in [5.41, 5.74) is 0.741. The van der Waals surface area contributed by atoms with Gasteiger partial charge in [0.2, 0.25) is 5.91 Å². The third-order valence-electron chi connectivity index (χ3n) is 5.38. The summed E-state index contributed by atoms with van der Waals surface area (Å²) in [4.78, 5) is 27.3. The molecule has 1 fully saturated rings. The lowest BCUT2D eigenvalue weighted by Crippen LogP contribution is -2.50. The third-order valence-corrected chi connectivity index (χ3v) is 6.12. The van der Waals surface area contributed by atoms with E-state index in [2.05, 4.69) is 5.32 Å². The largest absolute Gasteiger partial charge is 0.484 e. The molecule has 1 aliphatic carbocycles. The number of amides is 2. The van der Waals surface area contributed by atoms with Gasteiger partial charge in [0, 0.05) is 12.6 Å². The summed E-state index contributed by atoms with van der Waals surface area (Å²) in [5.74, 6) is -0.601. The number of hydrogen-bond donors (Lipinski definition) is 1. The van der Waals surface area contributed by atoms with Crippen LogP contribution in [-0.2, 0) is 16.1 Å². The zero-order valence-electron chi connectivity index (χ0n) is 17.2. The topological polar surface area (TPSA) is 58.6 Å². The molecule has 5 nitrogen and oxygen atoms in total. The fraction of sp³-hybridized carbons (Fsp3) is 0.391. The molecule has 166 valence electrons. The first-order chi connectivity index (χ1) is 14.8. The van der Waals surface area contributed by atoms with Gasteiger partial charge in [-0.3, -0.25) is 9.59 Å². The Labute approximate surface area is 191 Å².